The molecule has 0 aromatic heterocycles. The Balaban J connectivity index is 1.51. The smallest absolute Gasteiger partial charge is 0.162 e. The van der Waals surface area contributed by atoms with Crippen LogP contribution in [0.5, 0.6) is 11.5 Å². The second kappa shape index (κ2) is 9.15. The largest absolute Gasteiger partial charge is 0.485 e. The molecule has 29 heavy (non-hydrogen) atoms. The molecule has 5 heteroatoms. The summed E-state index contributed by atoms with van der Waals surface area (Å²) < 4.78 is 12.5. The Kier molecular flexibility index (Phi) is 5.95. The van der Waals surface area contributed by atoms with Crippen LogP contribution in [0.1, 0.15) is 11.1 Å². The molecule has 0 amide bonds. The zero-order chi connectivity index (χ0) is 19.9. The van der Waals surface area contributed by atoms with Crippen LogP contribution in [0.3, 0.4) is 0 Å². The minimum absolute atomic E-state index is 0.220. The lowest BCUT2D eigenvalue weighted by atomic mass is 10.1. The third-order valence-electron chi connectivity index (χ3n) is 4.76. The molecule has 0 spiro atoms. The zero-order valence-corrected chi connectivity index (χ0v) is 16.3. The molecule has 1 unspecified atom stereocenters. The van der Waals surface area contributed by atoms with Crippen LogP contribution in [0.4, 0.5) is 5.69 Å². The van der Waals surface area contributed by atoms with Crippen molar-refractivity contribution in [3.63, 3.8) is 0 Å². The van der Waals surface area contributed by atoms with E-state index in [1.165, 1.54) is 0 Å². The van der Waals surface area contributed by atoms with Crippen LogP contribution in [-0.2, 0) is 13.0 Å². The SMILES string of the molecule is Nc1ccc(CC(Oc2ccccc2OCc2ccccc2)C2=NCCN2)cc1. The van der Waals surface area contributed by atoms with Crippen LogP contribution in [0, 0.1) is 0 Å². The Labute approximate surface area is 171 Å². The van der Waals surface area contributed by atoms with Crippen molar-refractivity contribution in [1.82, 2.24) is 5.32 Å². The lowest BCUT2D eigenvalue weighted by Crippen LogP contribution is -2.37. The van der Waals surface area contributed by atoms with Crippen LogP contribution < -0.4 is 20.5 Å². The van der Waals surface area contributed by atoms with Gasteiger partial charge in [-0.2, -0.15) is 0 Å². The first-order chi connectivity index (χ1) is 14.3. The number of ether oxygens (including phenoxy) is 2. The number of rotatable bonds is 8. The van der Waals surface area contributed by atoms with Gasteiger partial charge in [0.15, 0.2) is 17.6 Å². The number of nitrogens with one attached hydrogen (secondary N) is 1. The monoisotopic (exact) mass is 387 g/mol. The van der Waals surface area contributed by atoms with Gasteiger partial charge in [-0.15, -0.1) is 0 Å². The summed E-state index contributed by atoms with van der Waals surface area (Å²) in [5, 5.41) is 3.35. The molecule has 3 aromatic carbocycles. The molecule has 5 nitrogen and oxygen atoms in total. The lowest BCUT2D eigenvalue weighted by Gasteiger charge is -2.21. The first-order valence-electron chi connectivity index (χ1n) is 9.83. The number of hydrogen-bond donors (Lipinski definition) is 2. The van der Waals surface area contributed by atoms with E-state index < -0.39 is 0 Å². The summed E-state index contributed by atoms with van der Waals surface area (Å²) in [4.78, 5) is 4.58. The van der Waals surface area contributed by atoms with Crippen molar-refractivity contribution >= 4 is 11.5 Å². The van der Waals surface area contributed by atoms with Crippen LogP contribution in [0.2, 0.25) is 0 Å². The summed E-state index contributed by atoms with van der Waals surface area (Å²) in [6, 6.07) is 25.8. The van der Waals surface area contributed by atoms with Crippen molar-refractivity contribution in [2.75, 3.05) is 18.8 Å². The van der Waals surface area contributed by atoms with Gasteiger partial charge >= 0.3 is 0 Å². The number of hydrogen-bond acceptors (Lipinski definition) is 5. The first kappa shape index (κ1) is 18.9. The van der Waals surface area contributed by atoms with Gasteiger partial charge in [0, 0.05) is 18.7 Å². The molecule has 0 radical (unpaired) electrons. The second-order valence-corrected chi connectivity index (χ2v) is 6.97. The van der Waals surface area contributed by atoms with Crippen LogP contribution >= 0.6 is 0 Å². The van der Waals surface area contributed by atoms with E-state index in [9.17, 15) is 0 Å². The molecule has 148 valence electrons. The minimum atomic E-state index is -0.220. The van der Waals surface area contributed by atoms with Gasteiger partial charge in [-0.25, -0.2) is 0 Å². The van der Waals surface area contributed by atoms with E-state index in [1.807, 2.05) is 78.9 Å². The summed E-state index contributed by atoms with van der Waals surface area (Å²) in [5.74, 6) is 2.30. The van der Waals surface area contributed by atoms with Crippen molar-refractivity contribution in [3.05, 3.63) is 90.0 Å². The summed E-state index contributed by atoms with van der Waals surface area (Å²) >= 11 is 0. The fourth-order valence-corrected chi connectivity index (χ4v) is 3.25. The predicted molar refractivity (Wildman–Crippen MR) is 116 cm³/mol. The van der Waals surface area contributed by atoms with Gasteiger partial charge in [0.1, 0.15) is 12.4 Å². The molecule has 3 N–H and O–H groups in total. The fourth-order valence-electron chi connectivity index (χ4n) is 3.25. The minimum Gasteiger partial charge on any atom is -0.485 e. The van der Waals surface area contributed by atoms with Crippen molar-refractivity contribution in [2.45, 2.75) is 19.1 Å². The molecule has 0 bridgehead atoms. The van der Waals surface area contributed by atoms with Crippen molar-refractivity contribution in [2.24, 2.45) is 4.99 Å². The zero-order valence-electron chi connectivity index (χ0n) is 16.3. The number of anilines is 1. The van der Waals surface area contributed by atoms with E-state index in [0.717, 1.165) is 41.5 Å². The Morgan fingerprint density at radius 1 is 0.862 bits per heavy atom. The van der Waals surface area contributed by atoms with E-state index >= 15 is 0 Å². The lowest BCUT2D eigenvalue weighted by molar-refractivity contribution is 0.233. The Morgan fingerprint density at radius 3 is 2.31 bits per heavy atom. The third kappa shape index (κ3) is 5.08. The molecular weight excluding hydrogens is 362 g/mol. The molecule has 3 aromatic rings. The molecule has 1 atom stereocenters. The molecule has 1 aliphatic rings. The summed E-state index contributed by atoms with van der Waals surface area (Å²) in [7, 11) is 0. The quantitative estimate of drug-likeness (QED) is 0.576. The normalized spacial score (nSPS) is 14.0. The highest BCUT2D eigenvalue weighted by molar-refractivity contribution is 5.88. The predicted octanol–water partition coefficient (Wildman–Crippen LogP) is 3.84. The maximum absolute atomic E-state index is 6.40. The average molecular weight is 387 g/mol. The Bertz CT molecular complexity index is 955. The van der Waals surface area contributed by atoms with Crippen molar-refractivity contribution < 1.29 is 9.47 Å². The average Bonchev–Trinajstić information content (AvgIpc) is 3.30. The van der Waals surface area contributed by atoms with E-state index in [0.29, 0.717) is 18.8 Å². The Morgan fingerprint density at radius 2 is 1.59 bits per heavy atom. The van der Waals surface area contributed by atoms with E-state index in [1.54, 1.807) is 0 Å². The molecule has 1 heterocycles. The maximum Gasteiger partial charge on any atom is 0.162 e. The van der Waals surface area contributed by atoms with Crippen molar-refractivity contribution in [1.29, 1.82) is 0 Å². The summed E-state index contributed by atoms with van der Waals surface area (Å²) in [6.07, 6.45) is 0.474. The molecule has 4 rings (SSSR count). The van der Waals surface area contributed by atoms with E-state index in [2.05, 4.69) is 10.3 Å². The van der Waals surface area contributed by atoms with Gasteiger partial charge in [0.2, 0.25) is 0 Å². The number of para-hydroxylation sites is 2. The van der Waals surface area contributed by atoms with Crippen LogP contribution in [-0.4, -0.2) is 25.0 Å². The van der Waals surface area contributed by atoms with Gasteiger partial charge in [-0.1, -0.05) is 54.6 Å². The second-order valence-electron chi connectivity index (χ2n) is 6.97. The number of amidine groups is 1. The third-order valence-corrected chi connectivity index (χ3v) is 4.76. The van der Waals surface area contributed by atoms with Gasteiger partial charge in [0.05, 0.1) is 6.54 Å². The molecule has 0 aliphatic carbocycles. The fraction of sp³-hybridized carbons (Fsp3) is 0.208. The summed E-state index contributed by atoms with van der Waals surface area (Å²) in [6.45, 7) is 2.09. The highest BCUT2D eigenvalue weighted by Gasteiger charge is 2.22. The Hall–Kier alpha value is -3.47. The maximum atomic E-state index is 6.40. The van der Waals surface area contributed by atoms with Crippen LogP contribution in [0.15, 0.2) is 83.9 Å². The highest BCUT2D eigenvalue weighted by atomic mass is 16.5. The molecule has 0 saturated carbocycles. The number of benzene rings is 3. The highest BCUT2D eigenvalue weighted by Crippen LogP contribution is 2.29. The number of nitrogens with two attached hydrogens (primary N) is 1. The van der Waals surface area contributed by atoms with Crippen LogP contribution in [0.25, 0.3) is 0 Å². The molecular formula is C24H25N3O2. The number of aliphatic imine (C=N–C) groups is 1. The van der Waals surface area contributed by atoms with Gasteiger partial charge in [0.25, 0.3) is 0 Å². The molecule has 0 saturated heterocycles. The van der Waals surface area contributed by atoms with Gasteiger partial charge in [-0.05, 0) is 35.4 Å². The molecule has 0 fully saturated rings. The standard InChI is InChI=1S/C24H25N3O2/c25-20-12-10-18(11-13-20)16-23(24-26-14-15-27-24)29-22-9-5-4-8-21(22)28-17-19-6-2-1-3-7-19/h1-13,23H,14-17,25H2,(H,26,27). The van der Waals surface area contributed by atoms with Gasteiger partial charge in [-0.3, -0.25) is 4.99 Å². The summed E-state index contributed by atoms with van der Waals surface area (Å²) in [5.41, 5.74) is 8.83. The first-order valence-corrected chi connectivity index (χ1v) is 9.83. The topological polar surface area (TPSA) is 68.9 Å². The van der Waals surface area contributed by atoms with Crippen molar-refractivity contribution in [3.8, 4) is 11.5 Å². The van der Waals surface area contributed by atoms with E-state index in [4.69, 9.17) is 15.2 Å². The van der Waals surface area contributed by atoms with Gasteiger partial charge < -0.3 is 20.5 Å². The number of nitrogens with zero attached hydrogens (tertiary/aromatic N) is 1. The molecule has 1 aliphatic heterocycles. The van der Waals surface area contributed by atoms with E-state index in [-0.39, 0.29) is 6.10 Å². The number of nitrogen functional groups attached to an aromatic ring is 1.